The molecule has 0 radical (unpaired) electrons. The van der Waals surface area contributed by atoms with Crippen LogP contribution in [0.3, 0.4) is 0 Å². The molecule has 0 unspecified atom stereocenters. The van der Waals surface area contributed by atoms with Crippen LogP contribution in [0.15, 0.2) is 41.4 Å². The van der Waals surface area contributed by atoms with E-state index in [1.54, 1.807) is 26.3 Å². The fraction of sp³-hybridized carbons (Fsp3) is 0.409. The van der Waals surface area contributed by atoms with E-state index < -0.39 is 11.6 Å². The van der Waals surface area contributed by atoms with Crippen molar-refractivity contribution in [1.29, 1.82) is 0 Å². The number of piperidine rings is 1. The van der Waals surface area contributed by atoms with Gasteiger partial charge < -0.3 is 15.4 Å². The number of nitrogens with zero attached hydrogens (tertiary/aromatic N) is 2. The normalized spacial score (nSPS) is 15.3. The van der Waals surface area contributed by atoms with Gasteiger partial charge >= 0.3 is 0 Å². The summed E-state index contributed by atoms with van der Waals surface area (Å²) in [5.74, 6) is -0.143. The van der Waals surface area contributed by atoms with Crippen LogP contribution in [0.5, 0.6) is 5.75 Å². The van der Waals surface area contributed by atoms with Gasteiger partial charge in [0.1, 0.15) is 5.75 Å². The van der Waals surface area contributed by atoms with Gasteiger partial charge in [0.2, 0.25) is 0 Å². The Bertz CT molecular complexity index is 892. The van der Waals surface area contributed by atoms with E-state index in [0.29, 0.717) is 24.2 Å². The van der Waals surface area contributed by atoms with Gasteiger partial charge in [-0.05, 0) is 42.7 Å². The third-order valence-electron chi connectivity index (χ3n) is 5.24. The summed E-state index contributed by atoms with van der Waals surface area (Å²) in [6.45, 7) is 2.93. The van der Waals surface area contributed by atoms with Crippen molar-refractivity contribution in [2.24, 2.45) is 4.99 Å². The molecule has 0 amide bonds. The van der Waals surface area contributed by atoms with Crippen molar-refractivity contribution in [3.05, 3.63) is 64.2 Å². The zero-order chi connectivity index (χ0) is 21.5. The summed E-state index contributed by atoms with van der Waals surface area (Å²) in [7, 11) is 3.36. The summed E-state index contributed by atoms with van der Waals surface area (Å²) in [5, 5.41) is 7.41. The van der Waals surface area contributed by atoms with Gasteiger partial charge in [0.15, 0.2) is 17.6 Å². The zero-order valence-electron chi connectivity index (χ0n) is 17.6. The summed E-state index contributed by atoms with van der Waals surface area (Å²) >= 11 is 6.02. The summed E-state index contributed by atoms with van der Waals surface area (Å²) in [4.78, 5) is 6.56. The molecule has 1 aliphatic heterocycles. The van der Waals surface area contributed by atoms with Crippen LogP contribution in [0.25, 0.3) is 0 Å². The van der Waals surface area contributed by atoms with Crippen LogP contribution in [0.4, 0.5) is 8.78 Å². The molecule has 0 atom stereocenters. The van der Waals surface area contributed by atoms with E-state index in [-0.39, 0.29) is 24.0 Å². The zero-order valence-corrected chi connectivity index (χ0v) is 20.7. The smallest absolute Gasteiger partial charge is 0.191 e. The first kappa shape index (κ1) is 25.6. The van der Waals surface area contributed by atoms with E-state index in [4.69, 9.17) is 16.3 Å². The lowest BCUT2D eigenvalue weighted by atomic mass is 10.0. The van der Waals surface area contributed by atoms with Crippen LogP contribution >= 0.6 is 35.6 Å². The Morgan fingerprint density at radius 3 is 2.55 bits per heavy atom. The fourth-order valence-electron chi connectivity index (χ4n) is 3.56. The average molecular weight is 565 g/mol. The SMILES string of the molecule is CN=C(NCc1ccc(Cl)cc1OC)NC1CCN(Cc2ccc(F)c(F)c2)CC1.I. The Balaban J connectivity index is 0.00000341. The first-order valence-corrected chi connectivity index (χ1v) is 10.3. The lowest BCUT2D eigenvalue weighted by molar-refractivity contribution is 0.198. The maximum atomic E-state index is 13.4. The number of aliphatic imine (C=N–C) groups is 1. The predicted octanol–water partition coefficient (Wildman–Crippen LogP) is 4.57. The second kappa shape index (κ2) is 12.4. The molecule has 0 saturated carbocycles. The number of halogens is 4. The third kappa shape index (κ3) is 7.47. The third-order valence-corrected chi connectivity index (χ3v) is 5.47. The van der Waals surface area contributed by atoms with Crippen molar-refractivity contribution in [3.8, 4) is 5.75 Å². The molecule has 1 saturated heterocycles. The van der Waals surface area contributed by atoms with E-state index in [0.717, 1.165) is 48.8 Å². The van der Waals surface area contributed by atoms with Crippen LogP contribution in [0.2, 0.25) is 5.02 Å². The summed E-state index contributed by atoms with van der Waals surface area (Å²) < 4.78 is 31.9. The van der Waals surface area contributed by atoms with Gasteiger partial charge in [0, 0.05) is 49.9 Å². The number of ether oxygens (including phenoxy) is 1. The molecule has 5 nitrogen and oxygen atoms in total. The van der Waals surface area contributed by atoms with Gasteiger partial charge in [-0.1, -0.05) is 23.7 Å². The standard InChI is InChI=1S/C22H27ClF2N4O.HI/c1-26-22(27-13-16-4-5-17(23)12-21(16)30-2)28-18-7-9-29(10-8-18)14-15-3-6-19(24)20(25)11-15;/h3-6,11-12,18H,7-10,13-14H2,1-2H3,(H2,26,27,28);1H. The van der Waals surface area contributed by atoms with Crippen LogP contribution in [-0.2, 0) is 13.1 Å². The Morgan fingerprint density at radius 2 is 1.90 bits per heavy atom. The van der Waals surface area contributed by atoms with Crippen molar-refractivity contribution in [3.63, 3.8) is 0 Å². The Hall–Kier alpha value is -1.65. The number of guanidine groups is 1. The van der Waals surface area contributed by atoms with Crippen LogP contribution < -0.4 is 15.4 Å². The summed E-state index contributed by atoms with van der Waals surface area (Å²) in [6.07, 6.45) is 1.88. The second-order valence-electron chi connectivity index (χ2n) is 7.33. The predicted molar refractivity (Wildman–Crippen MR) is 131 cm³/mol. The minimum atomic E-state index is -0.809. The molecule has 9 heteroatoms. The van der Waals surface area contributed by atoms with E-state index >= 15 is 0 Å². The molecule has 0 aromatic heterocycles. The lowest BCUT2D eigenvalue weighted by Crippen LogP contribution is -2.48. The Kier molecular flexibility index (Phi) is 10.2. The number of rotatable bonds is 6. The maximum Gasteiger partial charge on any atom is 0.191 e. The van der Waals surface area contributed by atoms with Gasteiger partial charge in [-0.2, -0.15) is 0 Å². The van der Waals surface area contributed by atoms with Crippen LogP contribution in [0.1, 0.15) is 24.0 Å². The van der Waals surface area contributed by atoms with Gasteiger partial charge in [-0.25, -0.2) is 8.78 Å². The molecule has 2 N–H and O–H groups in total. The maximum absolute atomic E-state index is 13.4. The quantitative estimate of drug-likeness (QED) is 0.307. The Morgan fingerprint density at radius 1 is 1.16 bits per heavy atom. The number of hydrogen-bond acceptors (Lipinski definition) is 3. The molecular formula is C22H28ClF2IN4O. The number of likely N-dealkylation sites (tertiary alicyclic amines) is 1. The van der Waals surface area contributed by atoms with E-state index in [2.05, 4.69) is 20.5 Å². The molecule has 1 fully saturated rings. The average Bonchev–Trinajstić information content (AvgIpc) is 2.75. The minimum absolute atomic E-state index is 0. The molecule has 1 aliphatic rings. The van der Waals surface area contributed by atoms with Crippen LogP contribution in [0, 0.1) is 11.6 Å². The largest absolute Gasteiger partial charge is 0.496 e. The molecule has 2 aromatic carbocycles. The second-order valence-corrected chi connectivity index (χ2v) is 7.76. The van der Waals surface area contributed by atoms with E-state index in [1.807, 2.05) is 12.1 Å². The number of methoxy groups -OCH3 is 1. The molecule has 3 rings (SSSR count). The highest BCUT2D eigenvalue weighted by atomic mass is 127. The molecule has 0 spiro atoms. The van der Waals surface area contributed by atoms with Crippen molar-refractivity contribution in [2.75, 3.05) is 27.2 Å². The molecule has 31 heavy (non-hydrogen) atoms. The highest BCUT2D eigenvalue weighted by Crippen LogP contribution is 2.23. The summed E-state index contributed by atoms with van der Waals surface area (Å²) in [5.41, 5.74) is 1.78. The first-order valence-electron chi connectivity index (χ1n) is 9.94. The Labute approximate surface area is 204 Å². The van der Waals surface area contributed by atoms with E-state index in [1.165, 1.54) is 12.1 Å². The lowest BCUT2D eigenvalue weighted by Gasteiger charge is -2.33. The van der Waals surface area contributed by atoms with Crippen LogP contribution in [-0.4, -0.2) is 44.1 Å². The highest BCUT2D eigenvalue weighted by molar-refractivity contribution is 14.0. The van der Waals surface area contributed by atoms with Crippen molar-refractivity contribution in [2.45, 2.75) is 32.0 Å². The monoisotopic (exact) mass is 564 g/mol. The highest BCUT2D eigenvalue weighted by Gasteiger charge is 2.20. The van der Waals surface area contributed by atoms with Crippen molar-refractivity contribution in [1.82, 2.24) is 15.5 Å². The molecule has 0 aliphatic carbocycles. The molecular weight excluding hydrogens is 537 g/mol. The minimum Gasteiger partial charge on any atom is -0.496 e. The van der Waals surface area contributed by atoms with Gasteiger partial charge in [-0.3, -0.25) is 9.89 Å². The number of hydrogen-bond donors (Lipinski definition) is 2. The fourth-order valence-corrected chi connectivity index (χ4v) is 3.73. The topological polar surface area (TPSA) is 48.9 Å². The van der Waals surface area contributed by atoms with E-state index in [9.17, 15) is 8.78 Å². The number of benzene rings is 2. The van der Waals surface area contributed by atoms with Gasteiger partial charge in [-0.15, -0.1) is 24.0 Å². The van der Waals surface area contributed by atoms with Crippen molar-refractivity contribution >= 4 is 41.5 Å². The van der Waals surface area contributed by atoms with Gasteiger partial charge in [0.05, 0.1) is 7.11 Å². The number of nitrogens with one attached hydrogen (secondary N) is 2. The van der Waals surface area contributed by atoms with Gasteiger partial charge in [0.25, 0.3) is 0 Å². The molecule has 1 heterocycles. The molecule has 0 bridgehead atoms. The summed E-state index contributed by atoms with van der Waals surface area (Å²) in [6, 6.07) is 9.94. The molecule has 170 valence electrons. The van der Waals surface area contributed by atoms with Crippen molar-refractivity contribution < 1.29 is 13.5 Å². The molecule has 2 aromatic rings. The first-order chi connectivity index (χ1) is 14.5.